The van der Waals surface area contributed by atoms with Gasteiger partial charge in [-0.1, -0.05) is 12.1 Å². The zero-order valence-corrected chi connectivity index (χ0v) is 11.0. The second kappa shape index (κ2) is 8.11. The second-order valence-corrected chi connectivity index (χ2v) is 3.92. The zero-order valence-electron chi connectivity index (χ0n) is 11.0. The molecule has 0 spiro atoms. The minimum absolute atomic E-state index is 0.0529. The van der Waals surface area contributed by atoms with Crippen LogP contribution in [0.4, 0.5) is 4.39 Å². The molecule has 6 nitrogen and oxygen atoms in total. The molecule has 20 heavy (non-hydrogen) atoms. The Morgan fingerprint density at radius 3 is 2.65 bits per heavy atom. The Hall–Kier alpha value is -2.15. The molecule has 0 radical (unpaired) electrons. The molecule has 0 aliphatic carbocycles. The van der Waals surface area contributed by atoms with Crippen molar-refractivity contribution < 1.29 is 28.6 Å². The number of hydrogen-bond acceptors (Lipinski definition) is 4. The third-order valence-corrected chi connectivity index (χ3v) is 2.43. The Balaban J connectivity index is 2.57. The molecule has 1 rings (SSSR count). The highest BCUT2D eigenvalue weighted by atomic mass is 19.1. The molecule has 7 heteroatoms. The van der Waals surface area contributed by atoms with Crippen LogP contribution >= 0.6 is 0 Å². The van der Waals surface area contributed by atoms with E-state index in [-0.39, 0.29) is 18.9 Å². The number of carboxylic acid groups (broad SMARTS) is 1. The third kappa shape index (κ3) is 5.23. The highest BCUT2D eigenvalue weighted by Gasteiger charge is 2.17. The summed E-state index contributed by atoms with van der Waals surface area (Å²) >= 11 is 0. The summed E-state index contributed by atoms with van der Waals surface area (Å²) in [6.45, 7) is -0.554. The number of halogens is 1. The molecule has 0 aromatic heterocycles. The van der Waals surface area contributed by atoms with Gasteiger partial charge in [-0.15, -0.1) is 0 Å². The van der Waals surface area contributed by atoms with Crippen LogP contribution in [0.3, 0.4) is 0 Å². The van der Waals surface area contributed by atoms with Crippen molar-refractivity contribution in [3.8, 4) is 5.75 Å². The molecule has 0 saturated heterocycles. The summed E-state index contributed by atoms with van der Waals surface area (Å²) in [6.07, 6.45) is 0. The van der Waals surface area contributed by atoms with E-state index in [4.69, 9.17) is 14.6 Å². The van der Waals surface area contributed by atoms with E-state index in [1.54, 1.807) is 6.07 Å². The first-order valence-electron chi connectivity index (χ1n) is 5.90. The van der Waals surface area contributed by atoms with E-state index in [9.17, 15) is 14.0 Å². The summed E-state index contributed by atoms with van der Waals surface area (Å²) in [4.78, 5) is 23.6. The minimum atomic E-state index is -1.14. The van der Waals surface area contributed by atoms with E-state index >= 15 is 0 Å². The van der Waals surface area contributed by atoms with Gasteiger partial charge in [0, 0.05) is 13.7 Å². The van der Waals surface area contributed by atoms with Crippen LogP contribution in [-0.4, -0.2) is 55.3 Å². The van der Waals surface area contributed by atoms with Gasteiger partial charge in [0.15, 0.2) is 18.2 Å². The van der Waals surface area contributed by atoms with Gasteiger partial charge in [-0.2, -0.15) is 0 Å². The summed E-state index contributed by atoms with van der Waals surface area (Å²) in [6, 6.07) is 5.67. The maximum atomic E-state index is 13.3. The quantitative estimate of drug-likeness (QED) is 0.763. The first-order valence-corrected chi connectivity index (χ1v) is 5.90. The van der Waals surface area contributed by atoms with E-state index in [1.807, 2.05) is 0 Å². The van der Waals surface area contributed by atoms with Crippen LogP contribution in [0.5, 0.6) is 5.75 Å². The Labute approximate surface area is 115 Å². The highest BCUT2D eigenvalue weighted by molar-refractivity contribution is 5.82. The fourth-order valence-electron chi connectivity index (χ4n) is 1.45. The fourth-order valence-corrected chi connectivity index (χ4v) is 1.45. The molecule has 0 atom stereocenters. The van der Waals surface area contributed by atoms with Gasteiger partial charge in [-0.3, -0.25) is 9.59 Å². The van der Waals surface area contributed by atoms with Crippen LogP contribution in [0.2, 0.25) is 0 Å². The number of para-hydroxylation sites is 1. The number of ether oxygens (including phenoxy) is 2. The first kappa shape index (κ1) is 15.9. The third-order valence-electron chi connectivity index (χ3n) is 2.43. The molecular formula is C13H16FNO5. The topological polar surface area (TPSA) is 76.1 Å². The maximum absolute atomic E-state index is 13.3. The maximum Gasteiger partial charge on any atom is 0.323 e. The molecule has 0 fully saturated rings. The average molecular weight is 285 g/mol. The summed E-state index contributed by atoms with van der Waals surface area (Å²) in [7, 11) is 1.44. The summed E-state index contributed by atoms with van der Waals surface area (Å²) in [5.41, 5.74) is 0. The predicted octanol–water partition coefficient (Wildman–Crippen LogP) is 0.764. The first-order chi connectivity index (χ1) is 9.54. The van der Waals surface area contributed by atoms with Gasteiger partial charge in [0.1, 0.15) is 6.54 Å². The van der Waals surface area contributed by atoms with Crippen molar-refractivity contribution in [1.29, 1.82) is 0 Å². The Morgan fingerprint density at radius 1 is 1.35 bits per heavy atom. The normalized spacial score (nSPS) is 10.1. The molecule has 0 aliphatic heterocycles. The number of hydrogen-bond donors (Lipinski definition) is 1. The van der Waals surface area contributed by atoms with Gasteiger partial charge in [0.2, 0.25) is 0 Å². The van der Waals surface area contributed by atoms with Crippen LogP contribution in [0, 0.1) is 5.82 Å². The highest BCUT2D eigenvalue weighted by Crippen LogP contribution is 2.15. The fraction of sp³-hybridized carbons (Fsp3) is 0.385. The Bertz CT molecular complexity index is 466. The van der Waals surface area contributed by atoms with Crippen LogP contribution in [-0.2, 0) is 14.3 Å². The summed E-state index contributed by atoms with van der Waals surface area (Å²) < 4.78 is 23.1. The van der Waals surface area contributed by atoms with E-state index in [2.05, 4.69) is 0 Å². The van der Waals surface area contributed by atoms with Gasteiger partial charge in [0.25, 0.3) is 5.91 Å². The Morgan fingerprint density at radius 2 is 2.05 bits per heavy atom. The number of carboxylic acids is 1. The molecule has 0 aliphatic rings. The van der Waals surface area contributed by atoms with Crippen molar-refractivity contribution in [2.45, 2.75) is 0 Å². The lowest BCUT2D eigenvalue weighted by molar-refractivity contribution is -0.145. The van der Waals surface area contributed by atoms with Gasteiger partial charge in [-0.05, 0) is 12.1 Å². The van der Waals surface area contributed by atoms with Crippen LogP contribution in [0.25, 0.3) is 0 Å². The van der Waals surface area contributed by atoms with Gasteiger partial charge in [-0.25, -0.2) is 4.39 Å². The molecular weight excluding hydrogens is 269 g/mol. The standard InChI is InChI=1S/C13H16FNO5/c1-19-7-6-15(8-13(17)18)12(16)9-20-11-5-3-2-4-10(11)14/h2-5H,6-9H2,1H3,(H,17,18). The van der Waals surface area contributed by atoms with Crippen molar-refractivity contribution in [3.63, 3.8) is 0 Å². The smallest absolute Gasteiger partial charge is 0.323 e. The van der Waals surface area contributed by atoms with E-state index in [0.717, 1.165) is 4.90 Å². The van der Waals surface area contributed by atoms with E-state index in [0.29, 0.717) is 0 Å². The number of methoxy groups -OCH3 is 1. The van der Waals surface area contributed by atoms with Gasteiger partial charge < -0.3 is 19.5 Å². The molecule has 1 aromatic carbocycles. The monoisotopic (exact) mass is 285 g/mol. The number of nitrogens with zero attached hydrogens (tertiary/aromatic N) is 1. The summed E-state index contributed by atoms with van der Waals surface area (Å²) in [5, 5.41) is 8.73. The van der Waals surface area contributed by atoms with E-state index < -0.39 is 30.8 Å². The van der Waals surface area contributed by atoms with Crippen molar-refractivity contribution in [2.75, 3.05) is 33.4 Å². The van der Waals surface area contributed by atoms with Crippen molar-refractivity contribution in [2.24, 2.45) is 0 Å². The largest absolute Gasteiger partial charge is 0.481 e. The number of carbonyl (C=O) groups excluding carboxylic acids is 1. The van der Waals surface area contributed by atoms with Crippen molar-refractivity contribution in [3.05, 3.63) is 30.1 Å². The lowest BCUT2D eigenvalue weighted by atomic mass is 10.3. The molecule has 0 heterocycles. The minimum Gasteiger partial charge on any atom is -0.481 e. The van der Waals surface area contributed by atoms with Crippen LogP contribution in [0.15, 0.2) is 24.3 Å². The number of carbonyl (C=O) groups is 2. The molecule has 0 bridgehead atoms. The SMILES string of the molecule is COCCN(CC(=O)O)C(=O)COc1ccccc1F. The average Bonchev–Trinajstić information content (AvgIpc) is 2.41. The van der Waals surface area contributed by atoms with Gasteiger partial charge >= 0.3 is 5.97 Å². The van der Waals surface area contributed by atoms with E-state index in [1.165, 1.54) is 25.3 Å². The molecule has 1 amide bonds. The number of rotatable bonds is 8. The van der Waals surface area contributed by atoms with Crippen molar-refractivity contribution in [1.82, 2.24) is 4.90 Å². The Kier molecular flexibility index (Phi) is 6.45. The number of aliphatic carboxylic acids is 1. The van der Waals surface area contributed by atoms with Crippen molar-refractivity contribution >= 4 is 11.9 Å². The summed E-state index contributed by atoms with van der Waals surface area (Å²) in [5.74, 6) is -2.32. The lowest BCUT2D eigenvalue weighted by Gasteiger charge is -2.20. The molecule has 0 saturated carbocycles. The predicted molar refractivity (Wildman–Crippen MR) is 68.0 cm³/mol. The van der Waals surface area contributed by atoms with Gasteiger partial charge in [0.05, 0.1) is 6.61 Å². The van der Waals surface area contributed by atoms with Crippen LogP contribution < -0.4 is 4.74 Å². The van der Waals surface area contributed by atoms with Crippen LogP contribution in [0.1, 0.15) is 0 Å². The lowest BCUT2D eigenvalue weighted by Crippen LogP contribution is -2.40. The second-order valence-electron chi connectivity index (χ2n) is 3.92. The molecule has 1 N–H and O–H groups in total. The number of benzene rings is 1. The molecule has 0 unspecified atom stereocenters. The molecule has 110 valence electrons. The zero-order chi connectivity index (χ0) is 15.0. The molecule has 1 aromatic rings. The number of amides is 1.